The molecule has 6 nitrogen and oxygen atoms in total. The van der Waals surface area contributed by atoms with Gasteiger partial charge >= 0.3 is 5.97 Å². The smallest absolute Gasteiger partial charge is 0.346 e. The summed E-state index contributed by atoms with van der Waals surface area (Å²) in [5.41, 5.74) is 0.0688. The normalized spacial score (nSPS) is 19.3. The zero-order valence-corrected chi connectivity index (χ0v) is 16.7. The van der Waals surface area contributed by atoms with Gasteiger partial charge in [0.25, 0.3) is 0 Å². The van der Waals surface area contributed by atoms with Gasteiger partial charge < -0.3 is 15.7 Å². The van der Waals surface area contributed by atoms with Crippen molar-refractivity contribution < 1.29 is 23.9 Å². The molecule has 3 aromatic rings. The largest absolute Gasteiger partial charge is 0.477 e. The van der Waals surface area contributed by atoms with E-state index in [1.54, 1.807) is 24.3 Å². The highest BCUT2D eigenvalue weighted by Crippen LogP contribution is 2.56. The second kappa shape index (κ2) is 6.38. The summed E-state index contributed by atoms with van der Waals surface area (Å²) < 4.78 is 14.1. The molecular weight excluding hydrogens is 431 g/mol. The van der Waals surface area contributed by atoms with E-state index in [9.17, 15) is 23.9 Å². The number of thiophene rings is 1. The Morgan fingerprint density at radius 1 is 1.17 bits per heavy atom. The van der Waals surface area contributed by atoms with E-state index in [2.05, 4.69) is 10.6 Å². The Morgan fingerprint density at radius 2 is 1.93 bits per heavy atom. The van der Waals surface area contributed by atoms with Gasteiger partial charge in [-0.25, -0.2) is 9.18 Å². The van der Waals surface area contributed by atoms with Crippen molar-refractivity contribution in [1.29, 1.82) is 0 Å². The lowest BCUT2D eigenvalue weighted by atomic mass is 9.74. The first-order valence-corrected chi connectivity index (χ1v) is 10.1. The average Bonchev–Trinajstić information content (AvgIpc) is 3.20. The number of amides is 2. The molecule has 5 rings (SSSR count). The highest BCUT2D eigenvalue weighted by molar-refractivity contribution is 7.15. The molecule has 1 unspecified atom stereocenters. The molecule has 2 aromatic carbocycles. The van der Waals surface area contributed by atoms with Crippen LogP contribution in [0.3, 0.4) is 0 Å². The Hall–Kier alpha value is -3.23. The summed E-state index contributed by atoms with van der Waals surface area (Å²) in [5.74, 6) is -2.74. The third-order valence-corrected chi connectivity index (χ3v) is 7.07. The monoisotopic (exact) mass is 442 g/mol. The Kier molecular flexibility index (Phi) is 4.00. The van der Waals surface area contributed by atoms with Gasteiger partial charge in [-0.2, -0.15) is 0 Å². The Morgan fingerprint density at radius 3 is 2.67 bits per heavy atom. The maximum absolute atomic E-state index is 14.1. The molecule has 0 bridgehead atoms. The second-order valence-corrected chi connectivity index (χ2v) is 8.50. The molecule has 0 aliphatic carbocycles. The van der Waals surface area contributed by atoms with E-state index in [4.69, 9.17) is 11.6 Å². The van der Waals surface area contributed by atoms with Crippen molar-refractivity contribution in [1.82, 2.24) is 0 Å². The fraction of sp³-hybridized carbons (Fsp3) is 0.0952. The molecule has 2 aliphatic rings. The molecule has 1 atom stereocenters. The Balaban J connectivity index is 1.88. The predicted molar refractivity (Wildman–Crippen MR) is 111 cm³/mol. The predicted octanol–water partition coefficient (Wildman–Crippen LogP) is 4.49. The van der Waals surface area contributed by atoms with E-state index in [1.165, 1.54) is 18.2 Å². The molecule has 1 aromatic heterocycles. The molecule has 0 saturated heterocycles. The van der Waals surface area contributed by atoms with Crippen LogP contribution in [0.5, 0.6) is 0 Å². The highest BCUT2D eigenvalue weighted by atomic mass is 35.5. The Labute approximate surface area is 178 Å². The van der Waals surface area contributed by atoms with Crippen LogP contribution in [0.1, 0.15) is 26.5 Å². The van der Waals surface area contributed by atoms with Crippen molar-refractivity contribution in [2.24, 2.45) is 0 Å². The third-order valence-electron chi connectivity index (χ3n) is 5.40. The molecule has 0 radical (unpaired) electrons. The van der Waals surface area contributed by atoms with Gasteiger partial charge in [-0.1, -0.05) is 29.8 Å². The van der Waals surface area contributed by atoms with E-state index in [0.717, 1.165) is 11.3 Å². The number of hydrogen-bond acceptors (Lipinski definition) is 4. The zero-order chi connectivity index (χ0) is 21.2. The summed E-state index contributed by atoms with van der Waals surface area (Å²) in [6.07, 6.45) is -0.260. The van der Waals surface area contributed by atoms with Crippen molar-refractivity contribution in [2.75, 3.05) is 10.6 Å². The molecule has 3 heterocycles. The van der Waals surface area contributed by atoms with Gasteiger partial charge in [-0.05, 0) is 29.8 Å². The van der Waals surface area contributed by atoms with E-state index in [-0.39, 0.29) is 22.5 Å². The molecule has 2 aliphatic heterocycles. The SMILES string of the molecule is O=C1CC2(C(=O)Nc3ccc(F)cc32)c2sc(C(=O)O)c(-c3ccccc3Cl)c2N1. The summed E-state index contributed by atoms with van der Waals surface area (Å²) in [5, 5.41) is 15.6. The summed E-state index contributed by atoms with van der Waals surface area (Å²) in [6.45, 7) is 0. The van der Waals surface area contributed by atoms with Crippen LogP contribution in [0.15, 0.2) is 42.5 Å². The number of fused-ring (bicyclic) bond motifs is 4. The van der Waals surface area contributed by atoms with Crippen molar-refractivity contribution in [2.45, 2.75) is 11.8 Å². The van der Waals surface area contributed by atoms with E-state index >= 15 is 0 Å². The molecular formula is C21H12ClFN2O4S. The average molecular weight is 443 g/mol. The van der Waals surface area contributed by atoms with Gasteiger partial charge in [0.1, 0.15) is 16.1 Å². The fourth-order valence-electron chi connectivity index (χ4n) is 4.16. The van der Waals surface area contributed by atoms with Crippen LogP contribution in [0.25, 0.3) is 11.1 Å². The van der Waals surface area contributed by atoms with E-state index in [1.807, 2.05) is 0 Å². The molecule has 0 saturated carbocycles. The third kappa shape index (κ3) is 2.44. The van der Waals surface area contributed by atoms with E-state index in [0.29, 0.717) is 26.7 Å². The number of halogens is 2. The van der Waals surface area contributed by atoms with Gasteiger partial charge in [0.15, 0.2) is 0 Å². The zero-order valence-electron chi connectivity index (χ0n) is 15.1. The van der Waals surface area contributed by atoms with Crippen LogP contribution in [0, 0.1) is 5.82 Å². The summed E-state index contributed by atoms with van der Waals surface area (Å²) in [4.78, 5) is 38.2. The highest BCUT2D eigenvalue weighted by Gasteiger charge is 2.55. The number of carboxylic acids is 1. The number of hydrogen-bond donors (Lipinski definition) is 3. The van der Waals surface area contributed by atoms with E-state index < -0.39 is 29.0 Å². The number of anilines is 2. The fourth-order valence-corrected chi connectivity index (χ4v) is 5.70. The molecule has 150 valence electrons. The summed E-state index contributed by atoms with van der Waals surface area (Å²) >= 11 is 7.21. The number of carbonyl (C=O) groups excluding carboxylic acids is 2. The summed E-state index contributed by atoms with van der Waals surface area (Å²) in [6, 6.07) is 10.5. The van der Waals surface area contributed by atoms with Crippen molar-refractivity contribution >= 4 is 52.1 Å². The maximum Gasteiger partial charge on any atom is 0.346 e. The van der Waals surface area contributed by atoms with Crippen LogP contribution < -0.4 is 10.6 Å². The number of rotatable bonds is 2. The molecule has 3 N–H and O–H groups in total. The van der Waals surface area contributed by atoms with Gasteiger partial charge in [-0.3, -0.25) is 9.59 Å². The first kappa shape index (κ1) is 18.8. The van der Waals surface area contributed by atoms with Crippen LogP contribution >= 0.6 is 22.9 Å². The first-order valence-electron chi connectivity index (χ1n) is 8.89. The Bertz CT molecular complexity index is 1290. The standard InChI is InChI=1S/C21H12ClFN2O4S/c22-12-4-2-1-3-10(12)15-16-18(30-17(15)19(27)28)21(8-14(26)25-16)11-7-9(23)5-6-13(11)24-20(21)29/h1-7H,8H2,(H,24,29)(H,25,26)(H,27,28). The second-order valence-electron chi connectivity index (χ2n) is 7.07. The molecule has 1 spiro atoms. The number of benzene rings is 2. The lowest BCUT2D eigenvalue weighted by molar-refractivity contribution is -0.125. The summed E-state index contributed by atoms with van der Waals surface area (Å²) in [7, 11) is 0. The van der Waals surface area contributed by atoms with Gasteiger partial charge in [0.05, 0.1) is 17.0 Å². The van der Waals surface area contributed by atoms with Gasteiger partial charge in [0.2, 0.25) is 11.8 Å². The lowest BCUT2D eigenvalue weighted by Crippen LogP contribution is -2.42. The number of nitrogens with one attached hydrogen (secondary N) is 2. The van der Waals surface area contributed by atoms with Crippen molar-refractivity contribution in [3.63, 3.8) is 0 Å². The topological polar surface area (TPSA) is 95.5 Å². The van der Waals surface area contributed by atoms with Crippen molar-refractivity contribution in [3.8, 4) is 11.1 Å². The van der Waals surface area contributed by atoms with Crippen LogP contribution in [-0.4, -0.2) is 22.9 Å². The van der Waals surface area contributed by atoms with Crippen LogP contribution in [0.4, 0.5) is 15.8 Å². The quantitative estimate of drug-likeness (QED) is 0.545. The lowest BCUT2D eigenvalue weighted by Gasteiger charge is -2.31. The molecule has 0 fully saturated rings. The minimum Gasteiger partial charge on any atom is -0.477 e. The maximum atomic E-state index is 14.1. The van der Waals surface area contributed by atoms with Crippen LogP contribution in [-0.2, 0) is 15.0 Å². The minimum atomic E-state index is -1.51. The molecule has 30 heavy (non-hydrogen) atoms. The minimum absolute atomic E-state index is 0.0627. The van der Waals surface area contributed by atoms with Gasteiger partial charge in [0, 0.05) is 21.8 Å². The first-order chi connectivity index (χ1) is 14.3. The molecule has 9 heteroatoms. The molecule has 2 amide bonds. The number of carbonyl (C=O) groups is 3. The number of aromatic carboxylic acids is 1. The van der Waals surface area contributed by atoms with Gasteiger partial charge in [-0.15, -0.1) is 11.3 Å². The van der Waals surface area contributed by atoms with Crippen molar-refractivity contribution in [3.05, 3.63) is 68.6 Å². The number of carboxylic acid groups (broad SMARTS) is 1. The van der Waals surface area contributed by atoms with Crippen LogP contribution in [0.2, 0.25) is 5.02 Å².